The average molecular weight is 355 g/mol. The van der Waals surface area contributed by atoms with Crippen molar-refractivity contribution in [3.8, 4) is 0 Å². The molecule has 1 amide bonds. The number of halogens is 1. The van der Waals surface area contributed by atoms with Crippen molar-refractivity contribution in [2.24, 2.45) is 4.99 Å². The predicted octanol–water partition coefficient (Wildman–Crippen LogP) is 2.57. The second-order valence-corrected chi connectivity index (χ2v) is 6.14. The Hall–Kier alpha value is -1.56. The third-order valence-corrected chi connectivity index (χ3v) is 3.36. The van der Waals surface area contributed by atoms with E-state index in [0.29, 0.717) is 13.0 Å². The number of rotatable bonds is 4. The lowest BCUT2D eigenvalue weighted by Crippen LogP contribution is -2.35. The molecule has 6 heteroatoms. The molecule has 21 heavy (non-hydrogen) atoms. The third kappa shape index (κ3) is 5.75. The second-order valence-electron chi connectivity index (χ2n) is 5.23. The molecule has 1 N–H and O–H groups in total. The van der Waals surface area contributed by atoms with E-state index in [0.717, 1.165) is 21.7 Å². The Labute approximate surface area is 135 Å². The van der Waals surface area contributed by atoms with Crippen molar-refractivity contribution < 1.29 is 4.79 Å². The minimum atomic E-state index is -0.0307. The van der Waals surface area contributed by atoms with Crippen molar-refractivity contribution in [1.82, 2.24) is 9.80 Å². The molecule has 0 radical (unpaired) electrons. The van der Waals surface area contributed by atoms with Gasteiger partial charge in [-0.25, -0.2) is 0 Å². The Morgan fingerprint density at radius 1 is 1.24 bits per heavy atom. The normalized spacial score (nSPS) is 10.0. The van der Waals surface area contributed by atoms with Gasteiger partial charge in [-0.2, -0.15) is 0 Å². The van der Waals surface area contributed by atoms with Crippen LogP contribution < -0.4 is 5.32 Å². The SMILES string of the molecule is Cc1ccc(Br)cc1NC(=O)CCN=C(N(C)C)N(C)C. The smallest absolute Gasteiger partial charge is 0.226 e. The Kier molecular flexibility index (Phi) is 6.68. The zero-order valence-corrected chi connectivity index (χ0v) is 14.9. The van der Waals surface area contributed by atoms with Crippen molar-refractivity contribution in [2.75, 3.05) is 40.1 Å². The van der Waals surface area contributed by atoms with Crippen molar-refractivity contribution in [3.63, 3.8) is 0 Å². The summed E-state index contributed by atoms with van der Waals surface area (Å²) in [7, 11) is 7.74. The molecule has 1 aromatic rings. The summed E-state index contributed by atoms with van der Waals surface area (Å²) in [6.07, 6.45) is 0.358. The monoisotopic (exact) mass is 354 g/mol. The fourth-order valence-corrected chi connectivity index (χ4v) is 2.24. The molecule has 0 atom stereocenters. The van der Waals surface area contributed by atoms with Crippen LogP contribution in [0, 0.1) is 6.92 Å². The van der Waals surface area contributed by atoms with Crippen LogP contribution in [0.4, 0.5) is 5.69 Å². The number of nitrogens with one attached hydrogen (secondary N) is 1. The van der Waals surface area contributed by atoms with Crippen LogP contribution in [-0.2, 0) is 4.79 Å². The molecule has 116 valence electrons. The van der Waals surface area contributed by atoms with Gasteiger partial charge >= 0.3 is 0 Å². The van der Waals surface area contributed by atoms with E-state index in [1.54, 1.807) is 0 Å². The maximum absolute atomic E-state index is 12.0. The first kappa shape index (κ1) is 17.5. The van der Waals surface area contributed by atoms with Crippen LogP contribution in [0.15, 0.2) is 27.7 Å². The summed E-state index contributed by atoms with van der Waals surface area (Å²) >= 11 is 3.41. The molecule has 1 rings (SSSR count). The molecule has 0 saturated carbocycles. The first-order chi connectivity index (χ1) is 9.81. The number of nitrogens with zero attached hydrogens (tertiary/aromatic N) is 3. The molecule has 0 aliphatic rings. The Bertz CT molecular complexity index is 516. The van der Waals surface area contributed by atoms with Gasteiger partial charge < -0.3 is 15.1 Å². The third-order valence-electron chi connectivity index (χ3n) is 2.87. The topological polar surface area (TPSA) is 47.9 Å². The highest BCUT2D eigenvalue weighted by Crippen LogP contribution is 2.20. The summed E-state index contributed by atoms with van der Waals surface area (Å²) in [5.41, 5.74) is 1.87. The molecule has 1 aromatic carbocycles. The maximum atomic E-state index is 12.0. The number of carbonyl (C=O) groups is 1. The van der Waals surface area contributed by atoms with E-state index < -0.39 is 0 Å². The molecule has 0 saturated heterocycles. The molecule has 0 unspecified atom stereocenters. The van der Waals surface area contributed by atoms with E-state index in [1.807, 2.05) is 63.1 Å². The summed E-state index contributed by atoms with van der Waals surface area (Å²) in [5.74, 6) is 0.818. The molecule has 0 spiro atoms. The first-order valence-corrected chi connectivity index (χ1v) is 7.55. The van der Waals surface area contributed by atoms with Gasteiger partial charge in [0, 0.05) is 44.8 Å². The molecule has 0 aliphatic carbocycles. The molecule has 0 bridgehead atoms. The summed E-state index contributed by atoms with van der Waals surface area (Å²) in [6, 6.07) is 5.82. The minimum Gasteiger partial charge on any atom is -0.349 e. The number of amides is 1. The van der Waals surface area contributed by atoms with Crippen LogP contribution in [0.2, 0.25) is 0 Å². The number of hydrogen-bond donors (Lipinski definition) is 1. The number of aryl methyl sites for hydroxylation is 1. The summed E-state index contributed by atoms with van der Waals surface area (Å²) in [6.45, 7) is 2.43. The number of hydrogen-bond acceptors (Lipinski definition) is 2. The van der Waals surface area contributed by atoms with E-state index in [2.05, 4.69) is 26.2 Å². The van der Waals surface area contributed by atoms with Crippen LogP contribution in [0.5, 0.6) is 0 Å². The molecular weight excluding hydrogens is 332 g/mol. The predicted molar refractivity (Wildman–Crippen MR) is 91.8 cm³/mol. The summed E-state index contributed by atoms with van der Waals surface area (Å²) in [4.78, 5) is 20.3. The maximum Gasteiger partial charge on any atom is 0.226 e. The van der Waals surface area contributed by atoms with Gasteiger partial charge in [-0.15, -0.1) is 0 Å². The van der Waals surface area contributed by atoms with Gasteiger partial charge in [-0.1, -0.05) is 22.0 Å². The van der Waals surface area contributed by atoms with Gasteiger partial charge in [0.15, 0.2) is 5.96 Å². The van der Waals surface area contributed by atoms with Gasteiger partial charge in [-0.05, 0) is 24.6 Å². The number of guanidine groups is 1. The van der Waals surface area contributed by atoms with Crippen LogP contribution in [0.25, 0.3) is 0 Å². The largest absolute Gasteiger partial charge is 0.349 e. The highest BCUT2D eigenvalue weighted by atomic mass is 79.9. The first-order valence-electron chi connectivity index (χ1n) is 6.76. The van der Waals surface area contributed by atoms with Gasteiger partial charge in [-0.3, -0.25) is 9.79 Å². The van der Waals surface area contributed by atoms with Crippen LogP contribution in [-0.4, -0.2) is 56.4 Å². The minimum absolute atomic E-state index is 0.0307. The fourth-order valence-electron chi connectivity index (χ4n) is 1.88. The highest BCUT2D eigenvalue weighted by molar-refractivity contribution is 9.10. The Morgan fingerprint density at radius 2 is 1.86 bits per heavy atom. The lowest BCUT2D eigenvalue weighted by molar-refractivity contribution is -0.116. The summed E-state index contributed by atoms with van der Waals surface area (Å²) in [5, 5.41) is 2.92. The molecule has 0 heterocycles. The van der Waals surface area contributed by atoms with Crippen LogP contribution in [0.1, 0.15) is 12.0 Å². The number of carbonyl (C=O) groups excluding carboxylic acids is 1. The molecule has 0 fully saturated rings. The van der Waals surface area contributed by atoms with E-state index >= 15 is 0 Å². The Morgan fingerprint density at radius 3 is 2.43 bits per heavy atom. The van der Waals surface area contributed by atoms with Crippen molar-refractivity contribution in [1.29, 1.82) is 0 Å². The van der Waals surface area contributed by atoms with E-state index in [9.17, 15) is 4.79 Å². The van der Waals surface area contributed by atoms with Crippen molar-refractivity contribution >= 4 is 33.5 Å². The van der Waals surface area contributed by atoms with Gasteiger partial charge in [0.25, 0.3) is 0 Å². The molecule has 5 nitrogen and oxygen atoms in total. The van der Waals surface area contributed by atoms with Crippen LogP contribution in [0.3, 0.4) is 0 Å². The lowest BCUT2D eigenvalue weighted by Gasteiger charge is -2.22. The zero-order valence-electron chi connectivity index (χ0n) is 13.3. The molecule has 0 aromatic heterocycles. The van der Waals surface area contributed by atoms with Gasteiger partial charge in [0.05, 0.1) is 6.54 Å². The van der Waals surface area contributed by atoms with Crippen molar-refractivity contribution in [3.05, 3.63) is 28.2 Å². The summed E-state index contributed by atoms with van der Waals surface area (Å²) < 4.78 is 0.948. The van der Waals surface area contributed by atoms with E-state index in [-0.39, 0.29) is 5.91 Å². The van der Waals surface area contributed by atoms with E-state index in [1.165, 1.54) is 0 Å². The second kappa shape index (κ2) is 8.02. The quantitative estimate of drug-likeness (QED) is 0.667. The van der Waals surface area contributed by atoms with E-state index in [4.69, 9.17) is 0 Å². The van der Waals surface area contributed by atoms with Gasteiger partial charge in [0.2, 0.25) is 5.91 Å². The molecule has 0 aliphatic heterocycles. The highest BCUT2D eigenvalue weighted by Gasteiger charge is 2.07. The van der Waals surface area contributed by atoms with Crippen LogP contribution >= 0.6 is 15.9 Å². The zero-order chi connectivity index (χ0) is 16.0. The Balaban J connectivity index is 2.58. The fraction of sp³-hybridized carbons (Fsp3) is 0.467. The average Bonchev–Trinajstić information content (AvgIpc) is 2.38. The molecular formula is C15H23BrN4O. The lowest BCUT2D eigenvalue weighted by atomic mass is 10.2. The van der Waals surface area contributed by atoms with Crippen molar-refractivity contribution in [2.45, 2.75) is 13.3 Å². The number of anilines is 1. The van der Waals surface area contributed by atoms with Gasteiger partial charge in [0.1, 0.15) is 0 Å². The number of benzene rings is 1. The standard InChI is InChI=1S/C15H23BrN4O/c1-11-6-7-12(16)10-13(11)18-14(21)8-9-17-15(19(2)3)20(4)5/h6-7,10H,8-9H2,1-5H3,(H,18,21). The number of aliphatic imine (C=N–C) groups is 1.